The second-order valence-electron chi connectivity index (χ2n) is 12.8. The van der Waals surface area contributed by atoms with Gasteiger partial charge in [-0.2, -0.15) is 13.2 Å². The van der Waals surface area contributed by atoms with Crippen LogP contribution in [0.3, 0.4) is 0 Å². The highest BCUT2D eigenvalue weighted by atomic mass is 35.5. The van der Waals surface area contributed by atoms with Crippen LogP contribution >= 0.6 is 11.6 Å². The number of hydrogen-bond acceptors (Lipinski definition) is 2. The van der Waals surface area contributed by atoms with Crippen molar-refractivity contribution in [3.8, 4) is 0 Å². The minimum absolute atomic E-state index is 0.0325. The summed E-state index contributed by atoms with van der Waals surface area (Å²) in [4.78, 5) is 27.6. The normalized spacial score (nSPS) is 29.4. The average molecular weight is 594 g/mol. The lowest BCUT2D eigenvalue weighted by molar-refractivity contribution is -0.228. The molecule has 2 aromatic rings. The number of carbonyl (C=O) groups excluding carboxylic acids is 1. The summed E-state index contributed by atoms with van der Waals surface area (Å²) < 4.78 is 55.6. The minimum atomic E-state index is -5.04. The Kier molecular flexibility index (Phi) is 7.49. The number of carboxylic acids is 1. The Bertz CT molecular complexity index is 1370. The zero-order valence-corrected chi connectivity index (χ0v) is 24.3. The molecule has 3 unspecified atom stereocenters. The van der Waals surface area contributed by atoms with Gasteiger partial charge in [0.05, 0.1) is 5.41 Å². The van der Waals surface area contributed by atoms with Crippen LogP contribution in [0.2, 0.25) is 5.02 Å². The van der Waals surface area contributed by atoms with E-state index in [9.17, 15) is 32.3 Å². The molecule has 1 saturated carbocycles. The van der Waals surface area contributed by atoms with Gasteiger partial charge in [0.15, 0.2) is 0 Å². The van der Waals surface area contributed by atoms with Gasteiger partial charge in [-0.15, -0.1) is 0 Å². The summed E-state index contributed by atoms with van der Waals surface area (Å²) in [5.74, 6) is -1.05. The van der Waals surface area contributed by atoms with Gasteiger partial charge in [-0.25, -0.2) is 4.39 Å². The maximum Gasteiger partial charge on any atom is 0.426 e. The maximum absolute atomic E-state index is 14.9. The molecule has 5 rings (SSSR count). The zero-order valence-electron chi connectivity index (χ0n) is 23.6. The summed E-state index contributed by atoms with van der Waals surface area (Å²) in [6.45, 7) is 4.72. The largest absolute Gasteiger partial charge is 0.481 e. The van der Waals surface area contributed by atoms with E-state index >= 15 is 0 Å². The first-order valence-corrected chi connectivity index (χ1v) is 14.7. The SMILES string of the molecule is Cc1cc(CC23CCN(C(=O)C4CCC(C)(C(=O)O)CC4)C2CCc2cc(C(C)(F)C(F)(F)F)ccc23)ccc1Cl. The standard InChI is InChI=1S/C32H36ClF4NO3/c1-19-16-20(4-8-25(19)33)18-31-14-15-38(27(39)21-10-12-29(2,13-11-21)28(40)41)26(31)9-5-22-17-23(6-7-24(22)31)30(3,34)32(35,36)37/h4,6-8,16-17,21,26H,5,9-15,18H2,1-3H3,(H,40,41). The fraction of sp³-hybridized carbons (Fsp3) is 0.562. The van der Waals surface area contributed by atoms with Gasteiger partial charge in [0.1, 0.15) is 0 Å². The van der Waals surface area contributed by atoms with Crippen molar-refractivity contribution >= 4 is 23.5 Å². The van der Waals surface area contributed by atoms with Crippen molar-refractivity contribution in [3.05, 3.63) is 69.2 Å². The van der Waals surface area contributed by atoms with Crippen molar-refractivity contribution in [2.24, 2.45) is 11.3 Å². The highest BCUT2D eigenvalue weighted by Gasteiger charge is 2.56. The molecule has 2 aromatic carbocycles. The number of hydrogen-bond donors (Lipinski definition) is 1. The number of amides is 1. The van der Waals surface area contributed by atoms with E-state index in [1.54, 1.807) is 13.0 Å². The summed E-state index contributed by atoms with van der Waals surface area (Å²) in [5.41, 5.74) is -1.74. The molecular weight excluding hydrogens is 558 g/mol. The van der Waals surface area contributed by atoms with Crippen molar-refractivity contribution in [2.75, 3.05) is 6.54 Å². The minimum Gasteiger partial charge on any atom is -0.481 e. The molecule has 1 amide bonds. The number of carbonyl (C=O) groups is 2. The van der Waals surface area contributed by atoms with Crippen molar-refractivity contribution in [1.82, 2.24) is 4.90 Å². The molecule has 0 aromatic heterocycles. The summed E-state index contributed by atoms with van der Waals surface area (Å²) in [5, 5.41) is 10.3. The Morgan fingerprint density at radius 1 is 1.05 bits per heavy atom. The molecule has 1 N–H and O–H groups in total. The first-order chi connectivity index (χ1) is 19.1. The summed E-state index contributed by atoms with van der Waals surface area (Å²) in [6, 6.07) is 9.89. The fourth-order valence-corrected chi connectivity index (χ4v) is 7.54. The molecule has 3 atom stereocenters. The van der Waals surface area contributed by atoms with Crippen LogP contribution in [0.25, 0.3) is 0 Å². The Balaban J connectivity index is 1.51. The van der Waals surface area contributed by atoms with E-state index < -0.39 is 34.2 Å². The maximum atomic E-state index is 14.9. The number of carboxylic acid groups (broad SMARTS) is 1. The number of halogens is 5. The number of benzene rings is 2. The van der Waals surface area contributed by atoms with E-state index in [0.717, 1.165) is 16.7 Å². The number of aliphatic carboxylic acids is 1. The van der Waals surface area contributed by atoms with Crippen molar-refractivity contribution in [2.45, 2.75) is 95.4 Å². The lowest BCUT2D eigenvalue weighted by Gasteiger charge is -2.45. The van der Waals surface area contributed by atoms with Crippen LogP contribution in [0.1, 0.15) is 80.2 Å². The molecule has 9 heteroatoms. The van der Waals surface area contributed by atoms with Gasteiger partial charge in [0, 0.05) is 28.9 Å². The number of likely N-dealkylation sites (tertiary alicyclic amines) is 1. The molecule has 1 heterocycles. The van der Waals surface area contributed by atoms with Gasteiger partial charge in [-0.3, -0.25) is 9.59 Å². The predicted octanol–water partition coefficient (Wildman–Crippen LogP) is 7.70. The van der Waals surface area contributed by atoms with E-state index in [0.29, 0.717) is 75.4 Å². The van der Waals surface area contributed by atoms with Gasteiger partial charge in [-0.05, 0) is 106 Å². The van der Waals surface area contributed by atoms with E-state index in [2.05, 4.69) is 0 Å². The van der Waals surface area contributed by atoms with Crippen LogP contribution in [0.15, 0.2) is 36.4 Å². The molecule has 0 spiro atoms. The smallest absolute Gasteiger partial charge is 0.426 e. The molecule has 1 aliphatic heterocycles. The molecule has 3 aliphatic rings. The fourth-order valence-electron chi connectivity index (χ4n) is 7.42. The first kappa shape index (κ1) is 29.9. The third-order valence-corrected chi connectivity index (χ3v) is 10.6. The van der Waals surface area contributed by atoms with Crippen LogP contribution in [0.5, 0.6) is 0 Å². The van der Waals surface area contributed by atoms with Crippen molar-refractivity contribution in [3.63, 3.8) is 0 Å². The third-order valence-electron chi connectivity index (χ3n) is 10.2. The van der Waals surface area contributed by atoms with Gasteiger partial charge >= 0.3 is 12.1 Å². The monoisotopic (exact) mass is 593 g/mol. The van der Waals surface area contributed by atoms with E-state index in [1.165, 1.54) is 12.1 Å². The highest BCUT2D eigenvalue weighted by molar-refractivity contribution is 6.31. The number of alkyl halides is 4. The van der Waals surface area contributed by atoms with E-state index in [4.69, 9.17) is 11.6 Å². The molecule has 1 saturated heterocycles. The zero-order chi connectivity index (χ0) is 30.0. The van der Waals surface area contributed by atoms with Crippen LogP contribution < -0.4 is 0 Å². The van der Waals surface area contributed by atoms with Gasteiger partial charge in [0.25, 0.3) is 0 Å². The second-order valence-corrected chi connectivity index (χ2v) is 13.2. The molecule has 0 bridgehead atoms. The van der Waals surface area contributed by atoms with Crippen molar-refractivity contribution < 1.29 is 32.3 Å². The summed E-state index contributed by atoms with van der Waals surface area (Å²) in [7, 11) is 0. The molecule has 2 fully saturated rings. The quantitative estimate of drug-likeness (QED) is 0.361. The second kappa shape index (κ2) is 10.3. The number of nitrogens with zero attached hydrogens (tertiary/aromatic N) is 1. The average Bonchev–Trinajstić information content (AvgIpc) is 3.29. The number of aryl methyl sites for hydroxylation is 2. The van der Waals surface area contributed by atoms with Crippen LogP contribution in [-0.2, 0) is 33.5 Å². The molecule has 4 nitrogen and oxygen atoms in total. The molecular formula is C32H36ClF4NO3. The van der Waals surface area contributed by atoms with Crippen LogP contribution in [0.4, 0.5) is 17.6 Å². The Morgan fingerprint density at radius 2 is 1.73 bits per heavy atom. The summed E-state index contributed by atoms with van der Waals surface area (Å²) in [6.07, 6.45) is -0.926. The number of fused-ring (bicyclic) bond motifs is 3. The summed E-state index contributed by atoms with van der Waals surface area (Å²) >= 11 is 6.28. The highest BCUT2D eigenvalue weighted by Crippen LogP contribution is 2.52. The van der Waals surface area contributed by atoms with Gasteiger partial charge in [-0.1, -0.05) is 41.9 Å². The first-order valence-electron chi connectivity index (χ1n) is 14.3. The molecule has 0 radical (unpaired) electrons. The van der Waals surface area contributed by atoms with Gasteiger partial charge < -0.3 is 10.0 Å². The Labute approximate surface area is 243 Å². The van der Waals surface area contributed by atoms with E-state index in [1.807, 2.05) is 30.0 Å². The lowest BCUT2D eigenvalue weighted by Crippen LogP contribution is -2.51. The van der Waals surface area contributed by atoms with Crippen LogP contribution in [-0.4, -0.2) is 40.6 Å². The van der Waals surface area contributed by atoms with Gasteiger partial charge in [0.2, 0.25) is 11.6 Å². The lowest BCUT2D eigenvalue weighted by atomic mass is 9.63. The van der Waals surface area contributed by atoms with Crippen LogP contribution in [0, 0.1) is 18.3 Å². The number of rotatable bonds is 5. The Hall–Kier alpha value is -2.61. The van der Waals surface area contributed by atoms with E-state index in [-0.39, 0.29) is 17.9 Å². The topological polar surface area (TPSA) is 57.6 Å². The Morgan fingerprint density at radius 3 is 2.34 bits per heavy atom. The predicted molar refractivity (Wildman–Crippen MR) is 149 cm³/mol. The third kappa shape index (κ3) is 5.04. The molecule has 2 aliphatic carbocycles. The van der Waals surface area contributed by atoms with Crippen molar-refractivity contribution in [1.29, 1.82) is 0 Å². The molecule has 222 valence electrons. The molecule has 41 heavy (non-hydrogen) atoms.